The van der Waals surface area contributed by atoms with E-state index in [9.17, 15) is 19.2 Å². The van der Waals surface area contributed by atoms with Gasteiger partial charge in [0.25, 0.3) is 0 Å². The van der Waals surface area contributed by atoms with Crippen LogP contribution in [0.15, 0.2) is 60.4 Å². The quantitative estimate of drug-likeness (QED) is 0.147. The molecular weight excluding hydrogens is 822 g/mol. The normalized spacial score (nSPS) is 11.5. The lowest BCUT2D eigenvalue weighted by molar-refractivity contribution is 0.00529. The van der Waals surface area contributed by atoms with Gasteiger partial charge >= 0.3 is 23.9 Å². The summed E-state index contributed by atoms with van der Waals surface area (Å²) in [6.45, 7) is 10.3. The van der Waals surface area contributed by atoms with E-state index in [1.807, 2.05) is 0 Å². The van der Waals surface area contributed by atoms with Crippen LogP contribution in [0.5, 0.6) is 11.5 Å². The highest BCUT2D eigenvalue weighted by molar-refractivity contribution is 9.11. The van der Waals surface area contributed by atoms with E-state index < -0.39 is 35.1 Å². The van der Waals surface area contributed by atoms with Crippen molar-refractivity contribution in [3.63, 3.8) is 0 Å². The zero-order valence-electron chi connectivity index (χ0n) is 23.9. The van der Waals surface area contributed by atoms with Gasteiger partial charge in [-0.2, -0.15) is 0 Å². The Labute approximate surface area is 282 Å². The van der Waals surface area contributed by atoms with E-state index in [0.717, 1.165) is 0 Å². The molecule has 0 amide bonds. The first-order valence-corrected chi connectivity index (χ1v) is 15.7. The molecule has 0 aliphatic heterocycles. The van der Waals surface area contributed by atoms with Crippen molar-refractivity contribution in [3.8, 4) is 11.5 Å². The predicted octanol–water partition coefficient (Wildman–Crippen LogP) is 8.67. The monoisotopic (exact) mass is 845 g/mol. The van der Waals surface area contributed by atoms with Gasteiger partial charge in [0.2, 0.25) is 0 Å². The molecule has 0 atom stereocenters. The highest BCUT2D eigenvalue weighted by Gasteiger charge is 2.28. The molecule has 0 spiro atoms. The second kappa shape index (κ2) is 13.5. The van der Waals surface area contributed by atoms with Crippen LogP contribution in [0.25, 0.3) is 0 Å². The summed E-state index contributed by atoms with van der Waals surface area (Å²) >= 11 is 13.3. The Morgan fingerprint density at radius 1 is 0.558 bits per heavy atom. The molecule has 13 heteroatoms. The van der Waals surface area contributed by atoms with Gasteiger partial charge in [-0.3, -0.25) is 0 Å². The fourth-order valence-electron chi connectivity index (χ4n) is 3.49. The van der Waals surface area contributed by atoms with Crippen molar-refractivity contribution in [1.82, 2.24) is 0 Å². The second-order valence-corrected chi connectivity index (χ2v) is 14.7. The number of hydrogen-bond donors (Lipinski definition) is 1. The largest absolute Gasteiger partial charge is 0.456 e. The minimum atomic E-state index is -0.909. The molecule has 3 rings (SSSR count). The van der Waals surface area contributed by atoms with E-state index >= 15 is 0 Å². The molecule has 0 unspecified atom stereocenters. The van der Waals surface area contributed by atoms with Crippen molar-refractivity contribution < 1.29 is 38.1 Å². The first kappa shape index (κ1) is 34.7. The highest BCUT2D eigenvalue weighted by atomic mass is 79.9. The maximum absolute atomic E-state index is 13.3. The van der Waals surface area contributed by atoms with Gasteiger partial charge in [0, 0.05) is 14.6 Å². The molecule has 0 aliphatic carbocycles. The third kappa shape index (κ3) is 9.62. The number of carbonyl (C=O) groups excluding carboxylic acids is 4. The maximum Gasteiger partial charge on any atom is 0.343 e. The molecule has 0 saturated carbocycles. The standard InChI is InChI=1S/C30H27Br4NO8/c1-29(2,3)42-27(38)19-10-16(31)12-21(33)23(19)40-25(36)14-7-15(9-18(35)8-14)26(37)41-24-20(11-17(32)13-22(24)34)28(39)43-30(4,5)6/h7-13H,35H2,1-6H3. The number of ether oxygens (including phenoxy) is 4. The van der Waals surface area contributed by atoms with Gasteiger partial charge in [0.05, 0.1) is 20.1 Å². The van der Waals surface area contributed by atoms with Crippen LogP contribution >= 0.6 is 63.7 Å². The molecule has 228 valence electrons. The minimum absolute atomic E-state index is 0.0113. The van der Waals surface area contributed by atoms with E-state index in [2.05, 4.69) is 63.7 Å². The molecule has 0 bridgehead atoms. The minimum Gasteiger partial charge on any atom is -0.456 e. The van der Waals surface area contributed by atoms with Crippen LogP contribution in [-0.2, 0) is 9.47 Å². The van der Waals surface area contributed by atoms with Crippen LogP contribution in [0.1, 0.15) is 83.0 Å². The number of carbonyl (C=O) groups is 4. The second-order valence-electron chi connectivity index (χ2n) is 11.2. The molecule has 0 aromatic heterocycles. The van der Waals surface area contributed by atoms with Crippen LogP contribution < -0.4 is 15.2 Å². The maximum atomic E-state index is 13.3. The highest BCUT2D eigenvalue weighted by Crippen LogP contribution is 2.36. The molecule has 43 heavy (non-hydrogen) atoms. The Hall–Kier alpha value is -2.74. The Morgan fingerprint density at radius 3 is 1.23 bits per heavy atom. The zero-order chi connectivity index (χ0) is 32.4. The Bertz CT molecular complexity index is 1510. The molecule has 0 heterocycles. The summed E-state index contributed by atoms with van der Waals surface area (Å²) in [4.78, 5) is 52.4. The van der Waals surface area contributed by atoms with Crippen molar-refractivity contribution in [1.29, 1.82) is 0 Å². The molecule has 9 nitrogen and oxygen atoms in total. The number of esters is 4. The van der Waals surface area contributed by atoms with Crippen molar-refractivity contribution in [3.05, 3.63) is 82.6 Å². The summed E-state index contributed by atoms with van der Waals surface area (Å²) in [6, 6.07) is 9.94. The average molecular weight is 849 g/mol. The van der Waals surface area contributed by atoms with E-state index in [-0.39, 0.29) is 39.4 Å². The molecule has 0 aliphatic rings. The van der Waals surface area contributed by atoms with Gasteiger partial charge in [0.1, 0.15) is 22.3 Å². The fourth-order valence-corrected chi connectivity index (χ4v) is 6.10. The lowest BCUT2D eigenvalue weighted by Crippen LogP contribution is -2.25. The Balaban J connectivity index is 1.95. The third-order valence-electron chi connectivity index (χ3n) is 5.07. The Kier molecular flexibility index (Phi) is 10.9. The molecule has 0 saturated heterocycles. The lowest BCUT2D eigenvalue weighted by atomic mass is 10.1. The van der Waals surface area contributed by atoms with Gasteiger partial charge in [-0.25, -0.2) is 19.2 Å². The topological polar surface area (TPSA) is 131 Å². The van der Waals surface area contributed by atoms with Gasteiger partial charge in [-0.05, 0) is 116 Å². The zero-order valence-corrected chi connectivity index (χ0v) is 30.2. The third-order valence-corrected chi connectivity index (χ3v) is 7.16. The number of hydrogen-bond acceptors (Lipinski definition) is 9. The van der Waals surface area contributed by atoms with E-state index in [1.54, 1.807) is 53.7 Å². The summed E-state index contributed by atoms with van der Waals surface area (Å²) in [6.07, 6.45) is 0. The van der Waals surface area contributed by atoms with E-state index in [4.69, 9.17) is 24.7 Å². The number of rotatable bonds is 6. The van der Waals surface area contributed by atoms with Crippen molar-refractivity contribution >= 4 is 93.3 Å². The molecule has 0 fully saturated rings. The van der Waals surface area contributed by atoms with Gasteiger partial charge in [0.15, 0.2) is 11.5 Å². The average Bonchev–Trinajstić information content (AvgIpc) is 2.84. The first-order valence-electron chi connectivity index (χ1n) is 12.5. The van der Waals surface area contributed by atoms with Crippen molar-refractivity contribution in [2.75, 3.05) is 5.73 Å². The van der Waals surface area contributed by atoms with Crippen LogP contribution in [0.2, 0.25) is 0 Å². The van der Waals surface area contributed by atoms with Gasteiger partial charge in [-0.15, -0.1) is 0 Å². The Morgan fingerprint density at radius 2 is 0.907 bits per heavy atom. The van der Waals surface area contributed by atoms with Crippen molar-refractivity contribution in [2.45, 2.75) is 52.7 Å². The molecular formula is C30H27Br4NO8. The van der Waals surface area contributed by atoms with Gasteiger partial charge < -0.3 is 24.7 Å². The van der Waals surface area contributed by atoms with E-state index in [1.165, 1.54) is 30.3 Å². The summed E-state index contributed by atoms with van der Waals surface area (Å²) in [5.41, 5.74) is 4.26. The summed E-state index contributed by atoms with van der Waals surface area (Å²) in [5.74, 6) is -3.42. The first-order chi connectivity index (χ1) is 19.7. The lowest BCUT2D eigenvalue weighted by Gasteiger charge is -2.21. The van der Waals surface area contributed by atoms with Crippen LogP contribution in [0, 0.1) is 0 Å². The van der Waals surface area contributed by atoms with Crippen LogP contribution in [0.3, 0.4) is 0 Å². The van der Waals surface area contributed by atoms with Crippen LogP contribution in [-0.4, -0.2) is 35.1 Å². The van der Waals surface area contributed by atoms with Crippen molar-refractivity contribution in [2.24, 2.45) is 0 Å². The number of anilines is 1. The smallest absolute Gasteiger partial charge is 0.343 e. The number of nitrogen functional groups attached to an aromatic ring is 1. The predicted molar refractivity (Wildman–Crippen MR) is 175 cm³/mol. The van der Waals surface area contributed by atoms with Crippen LogP contribution in [0.4, 0.5) is 5.69 Å². The molecule has 3 aromatic rings. The molecule has 0 radical (unpaired) electrons. The number of benzene rings is 3. The molecule has 3 aromatic carbocycles. The summed E-state index contributed by atoms with van der Waals surface area (Å²) in [7, 11) is 0. The summed E-state index contributed by atoms with van der Waals surface area (Å²) in [5, 5.41) is 0. The van der Waals surface area contributed by atoms with Gasteiger partial charge in [-0.1, -0.05) is 31.9 Å². The van der Waals surface area contributed by atoms with E-state index in [0.29, 0.717) is 17.9 Å². The number of halogens is 4. The fraction of sp³-hybridized carbons (Fsp3) is 0.267. The number of nitrogens with two attached hydrogens (primary N) is 1. The molecule has 2 N–H and O–H groups in total. The SMILES string of the molecule is CC(C)(C)OC(=O)c1cc(Br)cc(Br)c1OC(=O)c1cc(N)cc(C(=O)Oc2c(Br)cc(Br)cc2C(=O)OC(C)(C)C)c1. The summed E-state index contributed by atoms with van der Waals surface area (Å²) < 4.78 is 23.8.